The number of aryl methyl sites for hydroxylation is 1. The lowest BCUT2D eigenvalue weighted by Crippen LogP contribution is -2.30. The number of carbonyl (C=O) groups is 1. The maximum absolute atomic E-state index is 13.6. The van der Waals surface area contributed by atoms with Gasteiger partial charge in [0, 0.05) is 31.9 Å². The average molecular weight is 599 g/mol. The van der Waals surface area contributed by atoms with Crippen molar-refractivity contribution in [1.82, 2.24) is 9.29 Å². The molecule has 3 aromatic carbocycles. The van der Waals surface area contributed by atoms with E-state index in [1.54, 1.807) is 49.6 Å². The van der Waals surface area contributed by atoms with Gasteiger partial charge in [-0.3, -0.25) is 9.78 Å². The highest BCUT2D eigenvalue weighted by Crippen LogP contribution is 2.24. The van der Waals surface area contributed by atoms with Gasteiger partial charge in [0.15, 0.2) is 0 Å². The molecule has 0 spiro atoms. The third kappa shape index (κ3) is 10.7. The molecule has 218 valence electrons. The van der Waals surface area contributed by atoms with Gasteiger partial charge in [0.25, 0.3) is 0 Å². The summed E-state index contributed by atoms with van der Waals surface area (Å²) in [6, 6.07) is 27.5. The molecule has 0 aliphatic rings. The first-order valence-corrected chi connectivity index (χ1v) is 15.0. The van der Waals surface area contributed by atoms with Crippen LogP contribution in [0.15, 0.2) is 108 Å². The first-order valence-electron chi connectivity index (χ1n) is 13.5. The van der Waals surface area contributed by atoms with Crippen molar-refractivity contribution < 1.29 is 18.3 Å². The number of aromatic nitrogens is 1. The van der Waals surface area contributed by atoms with Crippen LogP contribution in [-0.2, 0) is 34.3 Å². The minimum absolute atomic E-state index is 0.0266. The van der Waals surface area contributed by atoms with E-state index in [9.17, 15) is 13.2 Å². The number of sulfonamides is 1. The molecule has 7 heteroatoms. The molecule has 0 amide bonds. The molecule has 0 fully saturated rings. The molecule has 1 N–H and O–H groups in total. The van der Waals surface area contributed by atoms with E-state index in [1.807, 2.05) is 60.7 Å². The monoisotopic (exact) mass is 598 g/mol. The fraction of sp³-hybridized carbons (Fsp3) is 0.135. The molecule has 6 nitrogen and oxygen atoms in total. The molecular formula is C37H30N2O4S. The fourth-order valence-corrected chi connectivity index (χ4v) is 5.48. The van der Waals surface area contributed by atoms with E-state index in [1.165, 1.54) is 4.31 Å². The molecule has 1 aromatic heterocycles. The molecule has 1 heterocycles. The summed E-state index contributed by atoms with van der Waals surface area (Å²) in [5, 5.41) is 8.99. The number of benzene rings is 3. The summed E-state index contributed by atoms with van der Waals surface area (Å²) in [5.41, 5.74) is 4.53. The lowest BCUT2D eigenvalue weighted by molar-refractivity contribution is -0.136. The summed E-state index contributed by atoms with van der Waals surface area (Å²) in [7, 11) is -3.77. The van der Waals surface area contributed by atoms with Crippen molar-refractivity contribution in [3.63, 3.8) is 0 Å². The van der Waals surface area contributed by atoms with Crippen LogP contribution in [0.1, 0.15) is 30.0 Å². The van der Waals surface area contributed by atoms with Crippen LogP contribution in [0.2, 0.25) is 0 Å². The molecule has 0 bridgehead atoms. The molecule has 0 unspecified atom stereocenters. The Balaban J connectivity index is 0.000000512. The predicted molar refractivity (Wildman–Crippen MR) is 173 cm³/mol. The molecule has 0 radical (unpaired) electrons. The van der Waals surface area contributed by atoms with E-state index in [0.29, 0.717) is 6.42 Å². The Bertz CT molecular complexity index is 1880. The van der Waals surface area contributed by atoms with E-state index in [2.05, 4.69) is 46.4 Å². The number of hydrogen-bond acceptors (Lipinski definition) is 4. The van der Waals surface area contributed by atoms with Gasteiger partial charge in [-0.05, 0) is 94.9 Å². The van der Waals surface area contributed by atoms with Gasteiger partial charge >= 0.3 is 5.97 Å². The van der Waals surface area contributed by atoms with Gasteiger partial charge < -0.3 is 5.11 Å². The first-order chi connectivity index (χ1) is 21.3. The van der Waals surface area contributed by atoms with Crippen molar-refractivity contribution >= 4 is 16.0 Å². The average Bonchev–Trinajstić information content (AvgIpc) is 3.05. The minimum Gasteiger partial charge on any atom is -0.481 e. The second-order valence-electron chi connectivity index (χ2n) is 9.26. The Morgan fingerprint density at radius 3 is 2.14 bits per heavy atom. The SMILES string of the molecule is C#CC#CC#CC#CC.O=C(O)CCc1cccc(CN(Cc2ccc(-c3cccnc3)cc2)S(=O)(=O)c2ccccc2)c1. The normalized spacial score (nSPS) is 9.84. The quantitative estimate of drug-likeness (QED) is 0.233. The summed E-state index contributed by atoms with van der Waals surface area (Å²) in [6.07, 6.45) is 8.75. The Kier molecular flexibility index (Phi) is 13.0. The topological polar surface area (TPSA) is 87.6 Å². The highest BCUT2D eigenvalue weighted by atomic mass is 32.2. The van der Waals surface area contributed by atoms with Crippen molar-refractivity contribution in [2.45, 2.75) is 37.8 Å². The van der Waals surface area contributed by atoms with Gasteiger partial charge in [-0.15, -0.1) is 6.42 Å². The Labute approximate surface area is 259 Å². The zero-order valence-corrected chi connectivity index (χ0v) is 25.0. The lowest BCUT2D eigenvalue weighted by Gasteiger charge is -2.23. The molecule has 0 atom stereocenters. The fourth-order valence-electron chi connectivity index (χ4n) is 4.04. The highest BCUT2D eigenvalue weighted by Gasteiger charge is 2.25. The van der Waals surface area contributed by atoms with E-state index in [-0.39, 0.29) is 24.4 Å². The van der Waals surface area contributed by atoms with Crippen molar-refractivity contribution in [2.24, 2.45) is 0 Å². The number of carboxylic acids is 1. The number of nitrogens with zero attached hydrogens (tertiary/aromatic N) is 2. The third-order valence-electron chi connectivity index (χ3n) is 6.11. The molecule has 44 heavy (non-hydrogen) atoms. The second kappa shape index (κ2) is 17.4. The van der Waals surface area contributed by atoms with Crippen molar-refractivity contribution in [3.05, 3.63) is 120 Å². The standard InChI is InChI=1S/C28H26N2O4S.C9H4/c31-28(32)16-13-22-6-4-7-24(18-22)21-30(35(33,34)27-9-2-1-3-10-27)20-23-11-14-25(15-12-23)26-8-5-17-29-19-26;1-3-5-7-9-8-6-4-2/h1-12,14-15,17-19H,13,16,20-21H2,(H,31,32);1H,2H3. The summed E-state index contributed by atoms with van der Waals surface area (Å²) < 4.78 is 28.6. The third-order valence-corrected chi connectivity index (χ3v) is 7.92. The molecular weight excluding hydrogens is 568 g/mol. The van der Waals surface area contributed by atoms with Gasteiger partial charge in [0.05, 0.1) is 4.90 Å². The second-order valence-corrected chi connectivity index (χ2v) is 11.2. The number of pyridine rings is 1. The van der Waals surface area contributed by atoms with Crippen LogP contribution in [-0.4, -0.2) is 28.8 Å². The van der Waals surface area contributed by atoms with Gasteiger partial charge in [0.1, 0.15) is 0 Å². The van der Waals surface area contributed by atoms with Crippen molar-refractivity contribution in [3.8, 4) is 59.0 Å². The smallest absolute Gasteiger partial charge is 0.303 e. The van der Waals surface area contributed by atoms with Gasteiger partial charge in [-0.2, -0.15) is 4.31 Å². The Hall–Kier alpha value is -5.57. The maximum Gasteiger partial charge on any atom is 0.303 e. The van der Waals surface area contributed by atoms with E-state index in [4.69, 9.17) is 11.5 Å². The van der Waals surface area contributed by atoms with Crippen molar-refractivity contribution in [1.29, 1.82) is 0 Å². The number of rotatable bonds is 10. The molecule has 4 aromatic rings. The Morgan fingerprint density at radius 2 is 1.48 bits per heavy atom. The van der Waals surface area contributed by atoms with Gasteiger partial charge in [0.2, 0.25) is 10.0 Å². The van der Waals surface area contributed by atoms with Crippen molar-refractivity contribution in [2.75, 3.05) is 0 Å². The molecule has 4 rings (SSSR count). The minimum atomic E-state index is -3.77. The first kappa shape index (κ1) is 32.9. The van der Waals surface area contributed by atoms with E-state index >= 15 is 0 Å². The number of aliphatic carboxylic acids is 1. The van der Waals surface area contributed by atoms with Gasteiger partial charge in [-0.1, -0.05) is 78.7 Å². The van der Waals surface area contributed by atoms with Gasteiger partial charge in [-0.25, -0.2) is 8.42 Å². The maximum atomic E-state index is 13.6. The van der Waals surface area contributed by atoms with Crippen LogP contribution in [0.25, 0.3) is 11.1 Å². The summed E-state index contributed by atoms with van der Waals surface area (Å²) in [4.78, 5) is 15.3. The summed E-state index contributed by atoms with van der Waals surface area (Å²) in [5.74, 6) is 16.1. The zero-order valence-electron chi connectivity index (χ0n) is 24.2. The number of terminal acetylenes is 1. The van der Waals surface area contributed by atoms with Crippen LogP contribution in [0.5, 0.6) is 0 Å². The molecule has 0 saturated heterocycles. The molecule has 0 aliphatic carbocycles. The zero-order chi connectivity index (χ0) is 31.6. The highest BCUT2D eigenvalue weighted by molar-refractivity contribution is 7.89. The van der Waals surface area contributed by atoms with E-state index in [0.717, 1.165) is 27.8 Å². The number of hydrogen-bond donors (Lipinski definition) is 1. The van der Waals surface area contributed by atoms with E-state index < -0.39 is 16.0 Å². The van der Waals surface area contributed by atoms with Crippen LogP contribution in [0.3, 0.4) is 0 Å². The summed E-state index contributed by atoms with van der Waals surface area (Å²) in [6.45, 7) is 2.08. The predicted octanol–water partition coefficient (Wildman–Crippen LogP) is 5.81. The van der Waals surface area contributed by atoms with Crippen LogP contribution < -0.4 is 0 Å². The molecule has 0 aliphatic heterocycles. The van der Waals surface area contributed by atoms with Crippen LogP contribution in [0, 0.1) is 47.9 Å². The Morgan fingerprint density at radius 1 is 0.795 bits per heavy atom. The van der Waals surface area contributed by atoms with Crippen LogP contribution >= 0.6 is 0 Å². The van der Waals surface area contributed by atoms with Crippen LogP contribution in [0.4, 0.5) is 0 Å². The number of carboxylic acid groups (broad SMARTS) is 1. The lowest BCUT2D eigenvalue weighted by atomic mass is 10.1. The largest absolute Gasteiger partial charge is 0.481 e. The summed E-state index contributed by atoms with van der Waals surface area (Å²) >= 11 is 0. The molecule has 0 saturated carbocycles.